The van der Waals surface area contributed by atoms with Crippen LogP contribution in [0.4, 0.5) is 4.39 Å². The second-order valence-corrected chi connectivity index (χ2v) is 5.74. The third-order valence-corrected chi connectivity index (χ3v) is 3.59. The molecule has 0 aliphatic carbocycles. The largest absolute Gasteiger partial charge is 0.387 e. The summed E-state index contributed by atoms with van der Waals surface area (Å²) in [5.41, 5.74) is 1.59. The van der Waals surface area contributed by atoms with E-state index in [4.69, 9.17) is 0 Å². The fourth-order valence-electron chi connectivity index (χ4n) is 2.44. The van der Waals surface area contributed by atoms with E-state index in [0.717, 1.165) is 5.56 Å². The van der Waals surface area contributed by atoms with E-state index in [1.165, 1.54) is 12.1 Å². The Labute approximate surface area is 135 Å². The van der Waals surface area contributed by atoms with Crippen LogP contribution in [0.3, 0.4) is 0 Å². The number of hydrogen-bond donors (Lipinski definition) is 2. The second kappa shape index (κ2) is 8.39. The van der Waals surface area contributed by atoms with Gasteiger partial charge >= 0.3 is 0 Å². The van der Waals surface area contributed by atoms with Gasteiger partial charge in [0.25, 0.3) is 0 Å². The summed E-state index contributed by atoms with van der Waals surface area (Å²) in [5, 5.41) is 12.7. The van der Waals surface area contributed by atoms with Crippen molar-refractivity contribution in [3.8, 4) is 0 Å². The standard InChI is InChI=1S/C18H21FN2O2/c1-13(9-14-3-2-4-16(19)11-14)10-18(23)21-12-17(22)15-5-7-20-8-6-15/h2-8,11,13,17,22H,9-10,12H2,1H3,(H,21,23). The maximum Gasteiger partial charge on any atom is 0.220 e. The number of nitrogens with zero attached hydrogens (tertiary/aromatic N) is 1. The zero-order valence-electron chi connectivity index (χ0n) is 13.1. The molecule has 0 saturated heterocycles. The molecule has 122 valence electrons. The van der Waals surface area contributed by atoms with E-state index < -0.39 is 6.10 Å². The van der Waals surface area contributed by atoms with Gasteiger partial charge in [0.1, 0.15) is 5.82 Å². The summed E-state index contributed by atoms with van der Waals surface area (Å²) in [4.78, 5) is 15.8. The Morgan fingerprint density at radius 2 is 2.04 bits per heavy atom. The Hall–Kier alpha value is -2.27. The highest BCUT2D eigenvalue weighted by Crippen LogP contribution is 2.14. The summed E-state index contributed by atoms with van der Waals surface area (Å²) in [6.45, 7) is 2.11. The summed E-state index contributed by atoms with van der Waals surface area (Å²) in [7, 11) is 0. The van der Waals surface area contributed by atoms with Crippen molar-refractivity contribution in [1.82, 2.24) is 10.3 Å². The van der Waals surface area contributed by atoms with Gasteiger partial charge in [0.2, 0.25) is 5.91 Å². The highest BCUT2D eigenvalue weighted by Gasteiger charge is 2.13. The highest BCUT2D eigenvalue weighted by atomic mass is 19.1. The first-order valence-electron chi connectivity index (χ1n) is 7.63. The maximum atomic E-state index is 13.1. The van der Waals surface area contributed by atoms with Crippen molar-refractivity contribution in [2.45, 2.75) is 25.9 Å². The number of amides is 1. The molecule has 1 aromatic carbocycles. The van der Waals surface area contributed by atoms with E-state index >= 15 is 0 Å². The number of rotatable bonds is 7. The van der Waals surface area contributed by atoms with Gasteiger partial charge in [-0.05, 0) is 47.7 Å². The van der Waals surface area contributed by atoms with E-state index in [9.17, 15) is 14.3 Å². The van der Waals surface area contributed by atoms with Crippen LogP contribution in [0.5, 0.6) is 0 Å². The minimum absolute atomic E-state index is 0.0925. The van der Waals surface area contributed by atoms with Crippen molar-refractivity contribution in [2.24, 2.45) is 5.92 Å². The fourth-order valence-corrected chi connectivity index (χ4v) is 2.44. The molecule has 5 heteroatoms. The number of carbonyl (C=O) groups excluding carboxylic acids is 1. The SMILES string of the molecule is CC(CC(=O)NCC(O)c1ccncc1)Cc1cccc(F)c1. The molecule has 23 heavy (non-hydrogen) atoms. The quantitative estimate of drug-likeness (QED) is 0.825. The molecule has 2 N–H and O–H groups in total. The van der Waals surface area contributed by atoms with Crippen LogP contribution in [-0.2, 0) is 11.2 Å². The molecule has 1 heterocycles. The molecule has 1 amide bonds. The summed E-state index contributed by atoms with van der Waals surface area (Å²) in [6.07, 6.45) is 3.42. The highest BCUT2D eigenvalue weighted by molar-refractivity contribution is 5.76. The number of carbonyl (C=O) groups is 1. The molecule has 0 saturated carbocycles. The van der Waals surface area contributed by atoms with Crippen LogP contribution < -0.4 is 5.32 Å². The van der Waals surface area contributed by atoms with Crippen LogP contribution in [-0.4, -0.2) is 22.5 Å². The summed E-state index contributed by atoms with van der Waals surface area (Å²) in [6, 6.07) is 9.84. The van der Waals surface area contributed by atoms with Crippen LogP contribution in [0, 0.1) is 11.7 Å². The van der Waals surface area contributed by atoms with Gasteiger partial charge < -0.3 is 10.4 Å². The van der Waals surface area contributed by atoms with Gasteiger partial charge in [0.15, 0.2) is 0 Å². The van der Waals surface area contributed by atoms with Crippen molar-refractivity contribution in [3.63, 3.8) is 0 Å². The molecule has 2 unspecified atom stereocenters. The molecule has 1 aromatic heterocycles. The molecule has 2 atom stereocenters. The van der Waals surface area contributed by atoms with Gasteiger partial charge in [-0.3, -0.25) is 9.78 Å². The Morgan fingerprint density at radius 1 is 1.30 bits per heavy atom. The van der Waals surface area contributed by atoms with Gasteiger partial charge in [0, 0.05) is 25.4 Å². The van der Waals surface area contributed by atoms with E-state index in [2.05, 4.69) is 10.3 Å². The van der Waals surface area contributed by atoms with Gasteiger partial charge in [0.05, 0.1) is 6.10 Å². The van der Waals surface area contributed by atoms with Crippen molar-refractivity contribution in [1.29, 1.82) is 0 Å². The molecular weight excluding hydrogens is 295 g/mol. The number of hydrogen-bond acceptors (Lipinski definition) is 3. The lowest BCUT2D eigenvalue weighted by atomic mass is 9.97. The van der Waals surface area contributed by atoms with E-state index in [1.807, 2.05) is 13.0 Å². The molecule has 0 spiro atoms. The maximum absolute atomic E-state index is 13.1. The lowest BCUT2D eigenvalue weighted by Gasteiger charge is -2.14. The van der Waals surface area contributed by atoms with Crippen LogP contribution in [0.1, 0.15) is 30.6 Å². The van der Waals surface area contributed by atoms with Crippen molar-refractivity contribution >= 4 is 5.91 Å². The summed E-state index contributed by atoms with van der Waals surface area (Å²) < 4.78 is 13.1. The first-order chi connectivity index (χ1) is 11.0. The van der Waals surface area contributed by atoms with Gasteiger partial charge in [-0.15, -0.1) is 0 Å². The van der Waals surface area contributed by atoms with Crippen LogP contribution in [0.25, 0.3) is 0 Å². The summed E-state index contributed by atoms with van der Waals surface area (Å²) in [5.74, 6) is -0.295. The molecule has 0 fully saturated rings. The van der Waals surface area contributed by atoms with Gasteiger partial charge in [-0.1, -0.05) is 19.1 Å². The van der Waals surface area contributed by atoms with Crippen LogP contribution in [0.15, 0.2) is 48.8 Å². The normalized spacial score (nSPS) is 13.3. The third kappa shape index (κ3) is 5.79. The third-order valence-electron chi connectivity index (χ3n) is 3.59. The summed E-state index contributed by atoms with van der Waals surface area (Å²) >= 11 is 0. The Bertz CT molecular complexity index is 634. The molecule has 0 bridgehead atoms. The number of aliphatic hydroxyl groups excluding tert-OH is 1. The van der Waals surface area contributed by atoms with E-state index in [0.29, 0.717) is 18.4 Å². The zero-order valence-corrected chi connectivity index (χ0v) is 13.1. The molecule has 0 radical (unpaired) electrons. The lowest BCUT2D eigenvalue weighted by molar-refractivity contribution is -0.122. The molecule has 0 aliphatic rings. The van der Waals surface area contributed by atoms with Crippen LogP contribution >= 0.6 is 0 Å². The molecule has 2 rings (SSSR count). The monoisotopic (exact) mass is 316 g/mol. The minimum Gasteiger partial charge on any atom is -0.387 e. The first kappa shape index (κ1) is 17.1. The van der Waals surface area contributed by atoms with Crippen molar-refractivity contribution in [2.75, 3.05) is 6.54 Å². The van der Waals surface area contributed by atoms with E-state index in [1.54, 1.807) is 30.6 Å². The number of aliphatic hydroxyl groups is 1. The van der Waals surface area contributed by atoms with Gasteiger partial charge in [-0.25, -0.2) is 4.39 Å². The average molecular weight is 316 g/mol. The van der Waals surface area contributed by atoms with Crippen molar-refractivity contribution in [3.05, 3.63) is 65.7 Å². The smallest absolute Gasteiger partial charge is 0.220 e. The number of halogens is 1. The first-order valence-corrected chi connectivity index (χ1v) is 7.63. The predicted octanol–water partition coefficient (Wildman–Crippen LogP) is 2.64. The minimum atomic E-state index is -0.750. The fraction of sp³-hybridized carbons (Fsp3) is 0.333. The number of aromatic nitrogens is 1. The Kier molecular flexibility index (Phi) is 6.23. The molecule has 2 aromatic rings. The lowest BCUT2D eigenvalue weighted by Crippen LogP contribution is -2.29. The van der Waals surface area contributed by atoms with Gasteiger partial charge in [-0.2, -0.15) is 0 Å². The second-order valence-electron chi connectivity index (χ2n) is 5.74. The average Bonchev–Trinajstić information content (AvgIpc) is 2.53. The number of benzene rings is 1. The molecule has 4 nitrogen and oxygen atoms in total. The Morgan fingerprint density at radius 3 is 2.74 bits per heavy atom. The van der Waals surface area contributed by atoms with Crippen molar-refractivity contribution < 1.29 is 14.3 Å². The topological polar surface area (TPSA) is 62.2 Å². The molecular formula is C18H21FN2O2. The number of pyridine rings is 1. The van der Waals surface area contributed by atoms with Crippen LogP contribution in [0.2, 0.25) is 0 Å². The van der Waals surface area contributed by atoms with E-state index in [-0.39, 0.29) is 24.2 Å². The number of nitrogens with one attached hydrogen (secondary N) is 1. The zero-order chi connectivity index (χ0) is 16.7. The Balaban J connectivity index is 1.76. The predicted molar refractivity (Wildman–Crippen MR) is 86.1 cm³/mol. The molecule has 0 aliphatic heterocycles.